The molecule has 0 saturated heterocycles. The van der Waals surface area contributed by atoms with Crippen LogP contribution in [0.3, 0.4) is 0 Å². The van der Waals surface area contributed by atoms with Crippen LogP contribution in [-0.4, -0.2) is 56.4 Å². The molecule has 0 saturated carbocycles. The molecule has 19 heavy (non-hydrogen) atoms. The average molecular weight is 263 g/mol. The van der Waals surface area contributed by atoms with Crippen LogP contribution in [0.5, 0.6) is 0 Å². The number of fused-ring (bicyclic) bond motifs is 1. The van der Waals surface area contributed by atoms with Gasteiger partial charge in [-0.15, -0.1) is 0 Å². The predicted molar refractivity (Wildman–Crippen MR) is 66.4 cm³/mol. The van der Waals surface area contributed by atoms with Gasteiger partial charge < -0.3 is 9.47 Å². The molecular weight excluding hydrogens is 248 g/mol. The number of hydrogen-bond donors (Lipinski definition) is 1. The minimum atomic E-state index is -1.19. The van der Waals surface area contributed by atoms with Gasteiger partial charge in [-0.3, -0.25) is 10.2 Å². The molecule has 0 fully saturated rings. The first-order chi connectivity index (χ1) is 9.01. The molecule has 6 nitrogen and oxygen atoms in total. The summed E-state index contributed by atoms with van der Waals surface area (Å²) in [4.78, 5) is 24.1. The van der Waals surface area contributed by atoms with Crippen LogP contribution in [0.2, 0.25) is 0 Å². The van der Waals surface area contributed by atoms with Crippen LogP contribution in [0.25, 0.3) is 0 Å². The highest BCUT2D eigenvalue weighted by molar-refractivity contribution is 6.11. The zero-order valence-corrected chi connectivity index (χ0v) is 11.0. The molecule has 0 amide bonds. The van der Waals surface area contributed by atoms with Gasteiger partial charge in [-0.1, -0.05) is 0 Å². The summed E-state index contributed by atoms with van der Waals surface area (Å²) in [6.07, 6.45) is 3.17. The first-order valence-corrected chi connectivity index (χ1v) is 5.76. The first-order valence-electron chi connectivity index (χ1n) is 5.76. The molecule has 100 valence electrons. The smallest absolute Gasteiger partial charge is 0.335 e. The second kappa shape index (κ2) is 4.48. The number of carbonyl (C=O) groups is 2. The highest BCUT2D eigenvalue weighted by atomic mass is 16.5. The maximum atomic E-state index is 12.2. The van der Waals surface area contributed by atoms with Gasteiger partial charge in [0, 0.05) is 5.57 Å². The van der Waals surface area contributed by atoms with E-state index in [1.807, 2.05) is 4.58 Å². The van der Waals surface area contributed by atoms with Crippen molar-refractivity contribution in [2.45, 2.75) is 0 Å². The van der Waals surface area contributed by atoms with E-state index in [1.54, 1.807) is 13.3 Å². The van der Waals surface area contributed by atoms with E-state index in [0.29, 0.717) is 12.1 Å². The van der Waals surface area contributed by atoms with E-state index in [2.05, 4.69) is 5.87 Å². The zero-order valence-electron chi connectivity index (χ0n) is 11.0. The normalized spacial score (nSPS) is 28.2. The van der Waals surface area contributed by atoms with Crippen molar-refractivity contribution in [1.82, 2.24) is 0 Å². The molecule has 0 spiro atoms. The quantitative estimate of drug-likeness (QED) is 0.424. The Morgan fingerprint density at radius 3 is 2.68 bits per heavy atom. The SMILES string of the molecule is COC(=O)C1=CC(=C=N)C2C[N+](C)=CC12C(=O)OC. The van der Waals surface area contributed by atoms with Gasteiger partial charge in [-0.05, 0) is 11.9 Å². The molecule has 0 bridgehead atoms. The Balaban J connectivity index is 2.66. The molecule has 0 aromatic heterocycles. The summed E-state index contributed by atoms with van der Waals surface area (Å²) in [5.74, 6) is 0.845. The van der Waals surface area contributed by atoms with Crippen LogP contribution in [0.1, 0.15) is 0 Å². The van der Waals surface area contributed by atoms with Crippen molar-refractivity contribution in [1.29, 1.82) is 5.41 Å². The Morgan fingerprint density at radius 1 is 1.47 bits per heavy atom. The van der Waals surface area contributed by atoms with Crippen molar-refractivity contribution >= 4 is 24.0 Å². The largest absolute Gasteiger partial charge is 0.468 e. The lowest BCUT2D eigenvalue weighted by atomic mass is 9.75. The molecular formula is C13H15N2O4+. The van der Waals surface area contributed by atoms with Crippen LogP contribution in [0, 0.1) is 16.7 Å². The first kappa shape index (κ1) is 13.2. The van der Waals surface area contributed by atoms with Gasteiger partial charge >= 0.3 is 11.9 Å². The number of allylic oxidation sites excluding steroid dienone is 1. The zero-order chi connectivity index (χ0) is 14.2. The average Bonchev–Trinajstić information content (AvgIpc) is 2.90. The summed E-state index contributed by atoms with van der Waals surface area (Å²) in [5.41, 5.74) is -0.489. The van der Waals surface area contributed by atoms with Crippen LogP contribution in [-0.2, 0) is 19.1 Å². The fraction of sp³-hybridized carbons (Fsp3) is 0.462. The predicted octanol–water partition coefficient (Wildman–Crippen LogP) is -0.223. The van der Waals surface area contributed by atoms with Gasteiger partial charge in [-0.25, -0.2) is 9.37 Å². The van der Waals surface area contributed by atoms with Crippen molar-refractivity contribution in [2.24, 2.45) is 11.3 Å². The molecule has 6 heteroatoms. The summed E-state index contributed by atoms with van der Waals surface area (Å²) in [5, 5.41) is 7.32. The molecule has 2 aliphatic rings. The molecule has 2 unspecified atom stereocenters. The van der Waals surface area contributed by atoms with Crippen molar-refractivity contribution in [3.8, 4) is 0 Å². The number of nitrogens with one attached hydrogen (secondary N) is 1. The fourth-order valence-corrected chi connectivity index (χ4v) is 2.83. The van der Waals surface area contributed by atoms with E-state index in [0.717, 1.165) is 0 Å². The molecule has 1 aliphatic carbocycles. The van der Waals surface area contributed by atoms with Crippen molar-refractivity contribution < 1.29 is 23.6 Å². The van der Waals surface area contributed by atoms with Crippen LogP contribution in [0.4, 0.5) is 0 Å². The Bertz CT molecular complexity index is 569. The minimum absolute atomic E-state index is 0.200. The molecule has 0 aromatic carbocycles. The Morgan fingerprint density at radius 2 is 2.16 bits per heavy atom. The highest BCUT2D eigenvalue weighted by Gasteiger charge is 2.63. The number of nitrogens with zero attached hydrogens (tertiary/aromatic N) is 1. The maximum absolute atomic E-state index is 12.2. The van der Waals surface area contributed by atoms with E-state index in [4.69, 9.17) is 14.9 Å². The lowest BCUT2D eigenvalue weighted by Gasteiger charge is -2.22. The van der Waals surface area contributed by atoms with E-state index in [-0.39, 0.29) is 11.5 Å². The fourth-order valence-electron chi connectivity index (χ4n) is 2.83. The molecule has 0 aromatic rings. The molecule has 0 radical (unpaired) electrons. The summed E-state index contributed by atoms with van der Waals surface area (Å²) in [6.45, 7) is 0.521. The minimum Gasteiger partial charge on any atom is -0.468 e. The van der Waals surface area contributed by atoms with Crippen LogP contribution >= 0.6 is 0 Å². The van der Waals surface area contributed by atoms with Gasteiger partial charge in [-0.2, -0.15) is 0 Å². The second-order valence-electron chi connectivity index (χ2n) is 4.61. The summed E-state index contributed by atoms with van der Waals surface area (Å²) in [6, 6.07) is 0. The monoisotopic (exact) mass is 263 g/mol. The summed E-state index contributed by atoms with van der Waals surface area (Å²) in [7, 11) is 4.34. The molecule has 2 atom stereocenters. The number of hydrogen-bond acceptors (Lipinski definition) is 5. The van der Waals surface area contributed by atoms with Gasteiger partial charge in [0.1, 0.15) is 7.05 Å². The van der Waals surface area contributed by atoms with E-state index >= 15 is 0 Å². The lowest BCUT2D eigenvalue weighted by Crippen LogP contribution is -2.41. The van der Waals surface area contributed by atoms with Gasteiger partial charge in [0.05, 0.1) is 25.7 Å². The number of ether oxygens (including phenoxy) is 2. The Labute approximate surface area is 110 Å². The van der Waals surface area contributed by atoms with Gasteiger partial charge in [0.15, 0.2) is 18.2 Å². The third-order valence-electron chi connectivity index (χ3n) is 3.64. The molecule has 2 rings (SSSR count). The number of carbonyl (C=O) groups excluding carboxylic acids is 2. The molecule has 1 N–H and O–H groups in total. The summed E-state index contributed by atoms with van der Waals surface area (Å²) >= 11 is 0. The van der Waals surface area contributed by atoms with Gasteiger partial charge in [0.2, 0.25) is 0 Å². The van der Waals surface area contributed by atoms with Crippen molar-refractivity contribution in [3.63, 3.8) is 0 Å². The number of methoxy groups -OCH3 is 2. The number of esters is 2. The van der Waals surface area contributed by atoms with Crippen molar-refractivity contribution in [3.05, 3.63) is 17.2 Å². The number of rotatable bonds is 2. The second-order valence-corrected chi connectivity index (χ2v) is 4.61. The van der Waals surface area contributed by atoms with E-state index < -0.39 is 17.4 Å². The van der Waals surface area contributed by atoms with Gasteiger partial charge in [0.25, 0.3) is 0 Å². The van der Waals surface area contributed by atoms with Crippen LogP contribution < -0.4 is 0 Å². The van der Waals surface area contributed by atoms with E-state index in [9.17, 15) is 9.59 Å². The molecule has 1 heterocycles. The summed E-state index contributed by atoms with van der Waals surface area (Å²) < 4.78 is 11.4. The topological polar surface area (TPSA) is 79.5 Å². The highest BCUT2D eigenvalue weighted by Crippen LogP contribution is 2.48. The standard InChI is InChI=1S/C13H15N2O4/c1-15-6-10-8(5-14)4-9(11(16)18-2)13(10,7-15)12(17)19-3/h4,7,10,14H,6H2,1-3H3/q+1. The van der Waals surface area contributed by atoms with Crippen molar-refractivity contribution in [2.75, 3.05) is 27.8 Å². The maximum Gasteiger partial charge on any atom is 0.335 e. The Hall–Kier alpha value is -2.20. The third-order valence-corrected chi connectivity index (χ3v) is 3.64. The Kier molecular flexibility index (Phi) is 3.12. The van der Waals surface area contributed by atoms with Crippen LogP contribution in [0.15, 0.2) is 17.2 Å². The third kappa shape index (κ3) is 1.64. The van der Waals surface area contributed by atoms with E-state index in [1.165, 1.54) is 20.3 Å². The lowest BCUT2D eigenvalue weighted by molar-refractivity contribution is -0.488. The molecule has 1 aliphatic heterocycles.